The van der Waals surface area contributed by atoms with Crippen LogP contribution in [-0.4, -0.2) is 17.0 Å². The molecule has 1 aromatic carbocycles. The molecule has 0 aliphatic heterocycles. The molecule has 112 valence electrons. The summed E-state index contributed by atoms with van der Waals surface area (Å²) in [4.78, 5) is 9.30. The SMILES string of the molecule is CNc1nc(-c2ccc(Cl)cc2Cl)nc(C(C)(C)C)c1I. The Hall–Kier alpha value is -0.590. The first kappa shape index (κ1) is 16.8. The lowest BCUT2D eigenvalue weighted by Gasteiger charge is -2.22. The molecule has 0 radical (unpaired) electrons. The Bertz CT molecular complexity index is 681. The summed E-state index contributed by atoms with van der Waals surface area (Å²) in [5.41, 5.74) is 1.68. The maximum absolute atomic E-state index is 6.28. The molecule has 0 atom stereocenters. The highest BCUT2D eigenvalue weighted by molar-refractivity contribution is 14.1. The Balaban J connectivity index is 2.70. The standard InChI is InChI=1S/C15H16Cl2IN3/c1-15(2,3)12-11(18)14(19-4)21-13(20-12)9-6-5-8(16)7-10(9)17/h5-7H,1-4H3,(H,19,20,21). The highest BCUT2D eigenvalue weighted by Crippen LogP contribution is 2.34. The van der Waals surface area contributed by atoms with Crippen LogP contribution in [0.5, 0.6) is 0 Å². The third-order valence-electron chi connectivity index (χ3n) is 2.97. The number of aromatic nitrogens is 2. The minimum absolute atomic E-state index is 0.0846. The fourth-order valence-electron chi connectivity index (χ4n) is 1.90. The summed E-state index contributed by atoms with van der Waals surface area (Å²) in [6.45, 7) is 6.39. The van der Waals surface area contributed by atoms with E-state index in [-0.39, 0.29) is 5.41 Å². The van der Waals surface area contributed by atoms with Crippen LogP contribution in [0.25, 0.3) is 11.4 Å². The molecule has 0 amide bonds. The van der Waals surface area contributed by atoms with E-state index in [2.05, 4.69) is 53.7 Å². The number of benzene rings is 1. The zero-order valence-corrected chi connectivity index (χ0v) is 15.9. The summed E-state index contributed by atoms with van der Waals surface area (Å²) in [7, 11) is 1.85. The molecule has 2 aromatic rings. The molecule has 0 saturated carbocycles. The van der Waals surface area contributed by atoms with E-state index in [4.69, 9.17) is 28.2 Å². The third kappa shape index (κ3) is 3.60. The van der Waals surface area contributed by atoms with Crippen molar-refractivity contribution >= 4 is 51.6 Å². The molecular weight excluding hydrogens is 420 g/mol. The summed E-state index contributed by atoms with van der Waals surface area (Å²) in [6, 6.07) is 5.34. The van der Waals surface area contributed by atoms with Crippen molar-refractivity contribution in [1.29, 1.82) is 0 Å². The Morgan fingerprint density at radius 1 is 1.14 bits per heavy atom. The van der Waals surface area contributed by atoms with Crippen molar-refractivity contribution < 1.29 is 0 Å². The van der Waals surface area contributed by atoms with Crippen LogP contribution < -0.4 is 5.32 Å². The van der Waals surface area contributed by atoms with E-state index in [0.29, 0.717) is 15.9 Å². The fraction of sp³-hybridized carbons (Fsp3) is 0.333. The Morgan fingerprint density at radius 3 is 2.33 bits per heavy atom. The first-order valence-corrected chi connectivity index (χ1v) is 8.28. The molecule has 0 saturated heterocycles. The summed E-state index contributed by atoms with van der Waals surface area (Å²) in [5, 5.41) is 4.26. The first-order chi connectivity index (χ1) is 9.74. The minimum atomic E-state index is -0.0846. The largest absolute Gasteiger partial charge is 0.372 e. The smallest absolute Gasteiger partial charge is 0.163 e. The quantitative estimate of drug-likeness (QED) is 0.642. The van der Waals surface area contributed by atoms with Gasteiger partial charge in [-0.1, -0.05) is 44.0 Å². The molecule has 3 nitrogen and oxygen atoms in total. The van der Waals surface area contributed by atoms with E-state index in [1.165, 1.54) is 0 Å². The number of hydrogen-bond acceptors (Lipinski definition) is 3. The van der Waals surface area contributed by atoms with Crippen LogP contribution in [0.1, 0.15) is 26.5 Å². The summed E-state index contributed by atoms with van der Waals surface area (Å²) in [5.74, 6) is 1.41. The minimum Gasteiger partial charge on any atom is -0.372 e. The Kier molecular flexibility index (Phi) is 5.00. The van der Waals surface area contributed by atoms with Crippen molar-refractivity contribution in [3.63, 3.8) is 0 Å². The molecule has 1 heterocycles. The highest BCUT2D eigenvalue weighted by atomic mass is 127. The van der Waals surface area contributed by atoms with E-state index in [1.807, 2.05) is 13.1 Å². The molecular formula is C15H16Cl2IN3. The summed E-state index contributed by atoms with van der Waals surface area (Å²) < 4.78 is 1.02. The van der Waals surface area contributed by atoms with Crippen LogP contribution in [0, 0.1) is 3.57 Å². The van der Waals surface area contributed by atoms with Crippen LogP contribution in [0.15, 0.2) is 18.2 Å². The van der Waals surface area contributed by atoms with E-state index >= 15 is 0 Å². The van der Waals surface area contributed by atoms with Gasteiger partial charge in [-0.05, 0) is 40.8 Å². The fourth-order valence-corrected chi connectivity index (χ4v) is 3.71. The van der Waals surface area contributed by atoms with E-state index < -0.39 is 0 Å². The lowest BCUT2D eigenvalue weighted by atomic mass is 9.91. The zero-order valence-electron chi connectivity index (χ0n) is 12.3. The van der Waals surface area contributed by atoms with Gasteiger partial charge >= 0.3 is 0 Å². The first-order valence-electron chi connectivity index (χ1n) is 6.45. The summed E-state index contributed by atoms with van der Waals surface area (Å²) in [6.07, 6.45) is 0. The molecule has 1 aromatic heterocycles. The maximum Gasteiger partial charge on any atom is 0.163 e. The van der Waals surface area contributed by atoms with Gasteiger partial charge in [0.25, 0.3) is 0 Å². The summed E-state index contributed by atoms with van der Waals surface area (Å²) >= 11 is 14.5. The lowest BCUT2D eigenvalue weighted by molar-refractivity contribution is 0.564. The van der Waals surface area contributed by atoms with E-state index in [1.54, 1.807) is 12.1 Å². The second-order valence-corrected chi connectivity index (χ2v) is 7.60. The number of nitrogens with zero attached hydrogens (tertiary/aromatic N) is 2. The van der Waals surface area contributed by atoms with Gasteiger partial charge in [0.15, 0.2) is 5.82 Å². The predicted octanol–water partition coefficient (Wildman–Crippen LogP) is 5.39. The van der Waals surface area contributed by atoms with Gasteiger partial charge in [-0.2, -0.15) is 0 Å². The van der Waals surface area contributed by atoms with Gasteiger partial charge in [0.2, 0.25) is 0 Å². The van der Waals surface area contributed by atoms with E-state index in [9.17, 15) is 0 Å². The van der Waals surface area contributed by atoms with Crippen molar-refractivity contribution in [1.82, 2.24) is 9.97 Å². The Labute approximate surface area is 148 Å². The molecule has 0 aliphatic rings. The van der Waals surface area contributed by atoms with Gasteiger partial charge in [0, 0.05) is 23.0 Å². The Morgan fingerprint density at radius 2 is 1.81 bits per heavy atom. The van der Waals surface area contributed by atoms with Crippen LogP contribution in [-0.2, 0) is 5.41 Å². The van der Waals surface area contributed by atoms with Crippen molar-refractivity contribution in [3.05, 3.63) is 37.5 Å². The number of hydrogen-bond donors (Lipinski definition) is 1. The lowest BCUT2D eigenvalue weighted by Crippen LogP contribution is -2.18. The molecule has 1 N–H and O–H groups in total. The van der Waals surface area contributed by atoms with Gasteiger partial charge < -0.3 is 5.32 Å². The van der Waals surface area contributed by atoms with Gasteiger partial charge in [-0.15, -0.1) is 0 Å². The maximum atomic E-state index is 6.28. The molecule has 0 aliphatic carbocycles. The van der Waals surface area contributed by atoms with Crippen molar-refractivity contribution in [2.45, 2.75) is 26.2 Å². The van der Waals surface area contributed by atoms with E-state index in [0.717, 1.165) is 20.6 Å². The van der Waals surface area contributed by atoms with Crippen LogP contribution in [0.3, 0.4) is 0 Å². The normalized spacial score (nSPS) is 11.6. The second kappa shape index (κ2) is 6.26. The van der Waals surface area contributed by atoms with Crippen LogP contribution in [0.4, 0.5) is 5.82 Å². The second-order valence-electron chi connectivity index (χ2n) is 5.68. The average molecular weight is 436 g/mol. The van der Waals surface area contributed by atoms with Crippen molar-refractivity contribution in [2.75, 3.05) is 12.4 Å². The third-order valence-corrected chi connectivity index (χ3v) is 4.54. The van der Waals surface area contributed by atoms with Gasteiger partial charge in [0.1, 0.15) is 5.82 Å². The zero-order chi connectivity index (χ0) is 15.8. The number of halogens is 3. The molecule has 6 heteroatoms. The molecule has 0 unspecified atom stereocenters. The van der Waals surface area contributed by atoms with Crippen molar-refractivity contribution in [3.8, 4) is 11.4 Å². The predicted molar refractivity (Wildman–Crippen MR) is 98.5 cm³/mol. The molecule has 21 heavy (non-hydrogen) atoms. The van der Waals surface area contributed by atoms with Crippen LogP contribution in [0.2, 0.25) is 10.0 Å². The van der Waals surface area contributed by atoms with Crippen LogP contribution >= 0.6 is 45.8 Å². The number of nitrogens with one attached hydrogen (secondary N) is 1. The monoisotopic (exact) mass is 435 g/mol. The highest BCUT2D eigenvalue weighted by Gasteiger charge is 2.23. The topological polar surface area (TPSA) is 37.8 Å². The molecule has 0 fully saturated rings. The molecule has 0 bridgehead atoms. The van der Waals surface area contributed by atoms with Gasteiger partial charge in [-0.3, -0.25) is 0 Å². The number of rotatable bonds is 2. The van der Waals surface area contributed by atoms with Gasteiger partial charge in [0.05, 0.1) is 14.3 Å². The molecule has 0 spiro atoms. The number of anilines is 1. The molecule has 2 rings (SSSR count). The van der Waals surface area contributed by atoms with Gasteiger partial charge in [-0.25, -0.2) is 9.97 Å². The van der Waals surface area contributed by atoms with Crippen molar-refractivity contribution in [2.24, 2.45) is 0 Å². The average Bonchev–Trinajstić information content (AvgIpc) is 2.38.